The van der Waals surface area contributed by atoms with Gasteiger partial charge in [0.25, 0.3) is 0 Å². The van der Waals surface area contributed by atoms with Gasteiger partial charge in [-0.25, -0.2) is 0 Å². The predicted molar refractivity (Wildman–Crippen MR) is 107 cm³/mol. The van der Waals surface area contributed by atoms with Crippen LogP contribution in [0.2, 0.25) is 0 Å². The van der Waals surface area contributed by atoms with E-state index in [1.54, 1.807) is 42.6 Å². The average molecular weight is 393 g/mol. The number of carboxylic acids is 1. The van der Waals surface area contributed by atoms with Crippen molar-refractivity contribution in [1.29, 1.82) is 0 Å². The summed E-state index contributed by atoms with van der Waals surface area (Å²) in [7, 11) is 0. The highest BCUT2D eigenvalue weighted by molar-refractivity contribution is 7.73. The van der Waals surface area contributed by atoms with Gasteiger partial charge < -0.3 is 15.0 Å². The lowest BCUT2D eigenvalue weighted by Crippen LogP contribution is -2.34. The van der Waals surface area contributed by atoms with Crippen molar-refractivity contribution in [3.63, 3.8) is 0 Å². The molecule has 3 aromatic rings. The SMILES string of the molecule is O=C([O-])C(c1ccccc1)n1c(O)c(C=C2C=Nc3ccccc32)sc1=S. The van der Waals surface area contributed by atoms with Gasteiger partial charge in [0.1, 0.15) is 6.04 Å². The summed E-state index contributed by atoms with van der Waals surface area (Å²) in [5, 5.41) is 22.5. The number of fused-ring (bicyclic) bond motifs is 1. The molecule has 134 valence electrons. The number of nitrogens with zero attached hydrogens (tertiary/aromatic N) is 2. The van der Waals surface area contributed by atoms with E-state index in [0.29, 0.717) is 10.4 Å². The van der Waals surface area contributed by atoms with Gasteiger partial charge in [0.05, 0.1) is 16.5 Å². The highest BCUT2D eigenvalue weighted by Gasteiger charge is 2.22. The molecule has 0 radical (unpaired) electrons. The van der Waals surface area contributed by atoms with Crippen molar-refractivity contribution < 1.29 is 15.0 Å². The third-order valence-electron chi connectivity index (χ3n) is 4.28. The van der Waals surface area contributed by atoms with Crippen LogP contribution in [0.4, 0.5) is 5.69 Å². The minimum absolute atomic E-state index is 0.201. The number of aliphatic carboxylic acids is 1. The number of para-hydroxylation sites is 1. The van der Waals surface area contributed by atoms with Crippen molar-refractivity contribution in [2.45, 2.75) is 6.04 Å². The normalized spacial score (nSPS) is 15.0. The molecule has 0 saturated carbocycles. The van der Waals surface area contributed by atoms with Gasteiger partial charge in [-0.15, -0.1) is 11.3 Å². The molecule has 1 atom stereocenters. The van der Waals surface area contributed by atoms with Crippen LogP contribution in [0.1, 0.15) is 22.0 Å². The monoisotopic (exact) mass is 393 g/mol. The first-order chi connectivity index (χ1) is 13.1. The van der Waals surface area contributed by atoms with Crippen molar-refractivity contribution in [2.75, 3.05) is 0 Å². The number of hydrogen-bond donors (Lipinski definition) is 1. The van der Waals surface area contributed by atoms with Crippen LogP contribution in [0.3, 0.4) is 0 Å². The zero-order chi connectivity index (χ0) is 19.0. The maximum atomic E-state index is 11.8. The summed E-state index contributed by atoms with van der Waals surface area (Å²) in [5.41, 5.74) is 3.10. The van der Waals surface area contributed by atoms with E-state index in [2.05, 4.69) is 4.99 Å². The molecule has 0 spiro atoms. The van der Waals surface area contributed by atoms with E-state index in [1.807, 2.05) is 24.3 Å². The van der Waals surface area contributed by atoms with Gasteiger partial charge in [-0.05, 0) is 29.9 Å². The first-order valence-electron chi connectivity index (χ1n) is 8.11. The molecule has 1 aromatic heterocycles. The number of allylic oxidation sites excluding steroid dienone is 1. The third kappa shape index (κ3) is 3.11. The number of aliphatic imine (C=N–C) groups is 1. The zero-order valence-corrected chi connectivity index (χ0v) is 15.5. The lowest BCUT2D eigenvalue weighted by molar-refractivity contribution is -0.309. The molecular formula is C20H13N2O3S2-. The number of carbonyl (C=O) groups is 1. The van der Waals surface area contributed by atoms with E-state index in [-0.39, 0.29) is 9.83 Å². The summed E-state index contributed by atoms with van der Waals surface area (Å²) >= 11 is 6.48. The fourth-order valence-electron chi connectivity index (χ4n) is 3.04. The number of aromatic hydroxyl groups is 1. The van der Waals surface area contributed by atoms with Crippen molar-refractivity contribution in [1.82, 2.24) is 4.57 Å². The Bertz CT molecular complexity index is 1140. The molecule has 5 nitrogen and oxygen atoms in total. The van der Waals surface area contributed by atoms with Crippen molar-refractivity contribution >= 4 is 53.1 Å². The predicted octanol–water partition coefficient (Wildman–Crippen LogP) is 3.58. The van der Waals surface area contributed by atoms with E-state index in [4.69, 9.17) is 12.2 Å². The molecular weight excluding hydrogens is 380 g/mol. The van der Waals surface area contributed by atoms with Gasteiger partial charge >= 0.3 is 0 Å². The van der Waals surface area contributed by atoms with Gasteiger partial charge in [-0.2, -0.15) is 0 Å². The minimum atomic E-state index is -1.34. The van der Waals surface area contributed by atoms with Gasteiger partial charge in [0, 0.05) is 17.4 Å². The largest absolute Gasteiger partial charge is 0.547 e. The van der Waals surface area contributed by atoms with Crippen LogP contribution in [0, 0.1) is 3.95 Å². The molecule has 1 unspecified atom stereocenters. The van der Waals surface area contributed by atoms with Crippen molar-refractivity contribution in [2.24, 2.45) is 4.99 Å². The van der Waals surface area contributed by atoms with Crippen LogP contribution in [0.25, 0.3) is 11.6 Å². The molecule has 4 rings (SSSR count). The molecule has 0 aliphatic carbocycles. The quantitative estimate of drug-likeness (QED) is 0.687. The Morgan fingerprint density at radius 2 is 1.89 bits per heavy atom. The Hall–Kier alpha value is -3.03. The molecule has 0 bridgehead atoms. The maximum Gasteiger partial charge on any atom is 0.211 e. The van der Waals surface area contributed by atoms with E-state index in [0.717, 1.165) is 28.2 Å². The topological polar surface area (TPSA) is 77.6 Å². The summed E-state index contributed by atoms with van der Waals surface area (Å²) in [4.78, 5) is 16.6. The number of hydrogen-bond acceptors (Lipinski definition) is 6. The number of aromatic nitrogens is 1. The Balaban J connectivity index is 1.82. The molecule has 27 heavy (non-hydrogen) atoms. The first kappa shape index (κ1) is 17.4. The summed E-state index contributed by atoms with van der Waals surface area (Å²) in [5.74, 6) is -1.54. The highest BCUT2D eigenvalue weighted by Crippen LogP contribution is 2.37. The summed E-state index contributed by atoms with van der Waals surface area (Å²) < 4.78 is 1.47. The summed E-state index contributed by atoms with van der Waals surface area (Å²) in [6, 6.07) is 15.0. The van der Waals surface area contributed by atoms with E-state index in [1.165, 1.54) is 4.57 Å². The summed E-state index contributed by atoms with van der Waals surface area (Å²) in [6.07, 6.45) is 3.48. The Morgan fingerprint density at radius 3 is 2.63 bits per heavy atom. The van der Waals surface area contributed by atoms with Crippen LogP contribution in [-0.4, -0.2) is 21.9 Å². The first-order valence-corrected chi connectivity index (χ1v) is 9.34. The number of thiazole rings is 1. The van der Waals surface area contributed by atoms with Crippen LogP contribution in [0.5, 0.6) is 5.88 Å². The zero-order valence-electron chi connectivity index (χ0n) is 13.9. The van der Waals surface area contributed by atoms with Gasteiger partial charge in [-0.3, -0.25) is 9.56 Å². The molecule has 0 fully saturated rings. The second kappa shape index (κ2) is 6.94. The fraction of sp³-hybridized carbons (Fsp3) is 0.0500. The molecule has 0 amide bonds. The Labute approximate surface area is 164 Å². The lowest BCUT2D eigenvalue weighted by atomic mass is 10.1. The molecule has 2 aromatic carbocycles. The summed E-state index contributed by atoms with van der Waals surface area (Å²) in [6.45, 7) is 0. The van der Waals surface area contributed by atoms with Crippen LogP contribution >= 0.6 is 23.6 Å². The van der Waals surface area contributed by atoms with E-state index < -0.39 is 12.0 Å². The number of benzene rings is 2. The third-order valence-corrected chi connectivity index (χ3v) is 5.62. The standard InChI is InChI=1S/C20H14N2O3S2/c23-18-16(10-13-11-21-15-9-5-4-8-14(13)15)27-20(26)22(18)17(19(24)25)12-6-2-1-3-7-12/h1-11,17,23H,(H,24,25)/p-1. The minimum Gasteiger partial charge on any atom is -0.547 e. The number of carbonyl (C=O) groups excluding carboxylic acids is 1. The van der Waals surface area contributed by atoms with Gasteiger partial charge in [-0.1, -0.05) is 48.5 Å². The molecule has 7 heteroatoms. The molecule has 1 aliphatic heterocycles. The van der Waals surface area contributed by atoms with Gasteiger partial charge in [0.2, 0.25) is 5.88 Å². The Morgan fingerprint density at radius 1 is 1.19 bits per heavy atom. The maximum absolute atomic E-state index is 11.8. The fourth-order valence-corrected chi connectivity index (χ4v) is 4.35. The molecule has 1 N–H and O–H groups in total. The van der Waals surface area contributed by atoms with Crippen molar-refractivity contribution in [3.05, 3.63) is 74.6 Å². The molecule has 0 saturated heterocycles. The lowest BCUT2D eigenvalue weighted by Gasteiger charge is -2.21. The Kier molecular flexibility index (Phi) is 4.47. The average Bonchev–Trinajstić information content (AvgIpc) is 3.19. The van der Waals surface area contributed by atoms with E-state index in [9.17, 15) is 15.0 Å². The number of rotatable bonds is 4. The van der Waals surface area contributed by atoms with Crippen LogP contribution in [0.15, 0.2) is 59.6 Å². The smallest absolute Gasteiger partial charge is 0.211 e. The van der Waals surface area contributed by atoms with Crippen molar-refractivity contribution in [3.8, 4) is 5.88 Å². The molecule has 2 heterocycles. The highest BCUT2D eigenvalue weighted by atomic mass is 32.1. The van der Waals surface area contributed by atoms with Crippen LogP contribution in [-0.2, 0) is 4.79 Å². The second-order valence-electron chi connectivity index (χ2n) is 5.93. The van der Waals surface area contributed by atoms with E-state index >= 15 is 0 Å². The number of carboxylic acid groups (broad SMARTS) is 1. The van der Waals surface area contributed by atoms with Gasteiger partial charge in [0.15, 0.2) is 3.95 Å². The molecule has 1 aliphatic rings. The van der Waals surface area contributed by atoms with Crippen LogP contribution < -0.4 is 5.11 Å². The second-order valence-corrected chi connectivity index (χ2v) is 7.61.